The van der Waals surface area contributed by atoms with Crippen LogP contribution in [0, 0.1) is 0 Å². The number of ether oxygens (including phenoxy) is 1. The maximum Gasteiger partial charge on any atom is 0.353 e. The van der Waals surface area contributed by atoms with Gasteiger partial charge in [-0.05, 0) is 23.3 Å². The number of phenols is 1. The second-order valence-electron chi connectivity index (χ2n) is 9.55. The van der Waals surface area contributed by atoms with Crippen molar-refractivity contribution in [3.05, 3.63) is 151 Å². The molecule has 0 bridgehead atoms. The summed E-state index contributed by atoms with van der Waals surface area (Å²) in [5, 5.41) is 22.8. The monoisotopic (exact) mass is 551 g/mol. The second-order valence-corrected chi connectivity index (χ2v) is 9.55. The number of aromatic hydroxyl groups is 1. The van der Waals surface area contributed by atoms with Crippen LogP contribution in [0.1, 0.15) is 11.1 Å². The summed E-state index contributed by atoms with van der Waals surface area (Å²) >= 11 is 0. The predicted molar refractivity (Wildman–Crippen MR) is 159 cm³/mol. The van der Waals surface area contributed by atoms with E-state index in [1.165, 1.54) is 12.1 Å². The van der Waals surface area contributed by atoms with Crippen molar-refractivity contribution in [2.45, 2.75) is 5.60 Å². The zero-order chi connectivity index (χ0) is 28.9. The van der Waals surface area contributed by atoms with Crippen LogP contribution in [0.25, 0.3) is 34.2 Å². The average Bonchev–Trinajstić information content (AvgIpc) is 3.06. The highest BCUT2D eigenvalue weighted by Crippen LogP contribution is 2.35. The highest BCUT2D eigenvalue weighted by Gasteiger charge is 2.42. The van der Waals surface area contributed by atoms with Gasteiger partial charge in [0.2, 0.25) is 5.60 Å². The molecule has 0 radical (unpaired) electrons. The third-order valence-corrected chi connectivity index (χ3v) is 6.80. The van der Waals surface area contributed by atoms with Crippen LogP contribution in [-0.2, 0) is 10.4 Å². The van der Waals surface area contributed by atoms with Crippen molar-refractivity contribution in [2.24, 2.45) is 0 Å². The molecule has 42 heavy (non-hydrogen) atoms. The smallest absolute Gasteiger partial charge is 0.353 e. The van der Waals surface area contributed by atoms with E-state index in [0.29, 0.717) is 28.3 Å². The molecule has 0 aliphatic carbocycles. The second kappa shape index (κ2) is 11.4. The number of phenolic OH excluding ortho intramolecular Hbond substituents is 1. The first-order valence-corrected chi connectivity index (χ1v) is 13.3. The number of aliphatic hydroxyl groups is 1. The van der Waals surface area contributed by atoms with Gasteiger partial charge in [-0.2, -0.15) is 0 Å². The molecule has 0 amide bonds. The maximum atomic E-state index is 13.5. The van der Waals surface area contributed by atoms with Crippen LogP contribution in [0.5, 0.6) is 11.5 Å². The van der Waals surface area contributed by atoms with Gasteiger partial charge in [-0.3, -0.25) is 0 Å². The quantitative estimate of drug-likeness (QED) is 0.174. The van der Waals surface area contributed by atoms with Gasteiger partial charge >= 0.3 is 5.97 Å². The van der Waals surface area contributed by atoms with Crippen LogP contribution >= 0.6 is 0 Å². The zero-order valence-electron chi connectivity index (χ0n) is 22.3. The molecule has 0 atom stereocenters. The van der Waals surface area contributed by atoms with Gasteiger partial charge in [0.15, 0.2) is 17.5 Å². The number of hydrogen-bond acceptors (Lipinski definition) is 7. The molecule has 204 valence electrons. The molecular formula is C35H25N3O4. The van der Waals surface area contributed by atoms with Crippen LogP contribution in [0.15, 0.2) is 140 Å². The standard InChI is InChI=1S/C35H25N3O4/c39-30-23-28(42-34(40)35(41,26-17-9-3-10-18-26)27-19-11-4-12-20-27)21-22-29(30)33-37-31(24-13-5-1-6-14-24)36-32(38-33)25-15-7-2-8-16-25/h1-23,39,41H. The predicted octanol–water partition coefficient (Wildman–Crippen LogP) is 6.42. The number of nitrogens with zero attached hydrogens (tertiary/aromatic N) is 3. The van der Waals surface area contributed by atoms with Gasteiger partial charge in [-0.1, -0.05) is 121 Å². The van der Waals surface area contributed by atoms with Gasteiger partial charge < -0.3 is 14.9 Å². The first-order chi connectivity index (χ1) is 20.5. The summed E-state index contributed by atoms with van der Waals surface area (Å²) in [4.78, 5) is 27.5. The molecule has 0 saturated carbocycles. The number of carbonyl (C=O) groups excluding carboxylic acids is 1. The van der Waals surface area contributed by atoms with Gasteiger partial charge in [0.05, 0.1) is 5.56 Å². The zero-order valence-corrected chi connectivity index (χ0v) is 22.3. The van der Waals surface area contributed by atoms with E-state index in [2.05, 4.69) is 15.0 Å². The van der Waals surface area contributed by atoms with Crippen molar-refractivity contribution in [1.29, 1.82) is 0 Å². The van der Waals surface area contributed by atoms with Gasteiger partial charge in [0.25, 0.3) is 0 Å². The van der Waals surface area contributed by atoms with E-state index in [1.54, 1.807) is 66.7 Å². The summed E-state index contributed by atoms with van der Waals surface area (Å²) in [5.41, 5.74) is 0.560. The van der Waals surface area contributed by atoms with Crippen LogP contribution in [0.3, 0.4) is 0 Å². The lowest BCUT2D eigenvalue weighted by atomic mass is 9.86. The molecular weight excluding hydrogens is 526 g/mol. The number of carbonyl (C=O) groups is 1. The number of rotatable bonds is 7. The Hall–Kier alpha value is -5.66. The third-order valence-electron chi connectivity index (χ3n) is 6.80. The number of aromatic nitrogens is 3. The molecule has 2 N–H and O–H groups in total. The van der Waals surface area contributed by atoms with E-state index in [1.807, 2.05) is 60.7 Å². The number of esters is 1. The summed E-state index contributed by atoms with van der Waals surface area (Å²) in [6.07, 6.45) is 0. The Morgan fingerprint density at radius 2 is 1.00 bits per heavy atom. The maximum absolute atomic E-state index is 13.5. The Morgan fingerprint density at radius 3 is 1.45 bits per heavy atom. The van der Waals surface area contributed by atoms with Crippen molar-refractivity contribution in [3.8, 4) is 45.7 Å². The number of benzene rings is 5. The Kier molecular flexibility index (Phi) is 7.24. The molecule has 1 aromatic heterocycles. The lowest BCUT2D eigenvalue weighted by molar-refractivity contribution is -0.152. The van der Waals surface area contributed by atoms with E-state index >= 15 is 0 Å². The molecule has 1 heterocycles. The molecule has 0 aliphatic heterocycles. The van der Waals surface area contributed by atoms with Crippen molar-refractivity contribution >= 4 is 5.97 Å². The van der Waals surface area contributed by atoms with Crippen LogP contribution in [0.4, 0.5) is 0 Å². The molecule has 6 rings (SSSR count). The van der Waals surface area contributed by atoms with Gasteiger partial charge in [0, 0.05) is 17.2 Å². The Labute approximate surface area is 242 Å². The Morgan fingerprint density at radius 1 is 0.571 bits per heavy atom. The summed E-state index contributed by atoms with van der Waals surface area (Å²) in [7, 11) is 0. The summed E-state index contributed by atoms with van der Waals surface area (Å²) in [6.45, 7) is 0. The van der Waals surface area contributed by atoms with Crippen LogP contribution in [0.2, 0.25) is 0 Å². The van der Waals surface area contributed by atoms with Crippen LogP contribution in [-0.4, -0.2) is 31.1 Å². The minimum atomic E-state index is -2.07. The van der Waals surface area contributed by atoms with E-state index in [0.717, 1.165) is 11.1 Å². The topological polar surface area (TPSA) is 105 Å². The average molecular weight is 552 g/mol. The molecule has 0 fully saturated rings. The largest absolute Gasteiger partial charge is 0.507 e. The van der Waals surface area contributed by atoms with Crippen molar-refractivity contribution in [3.63, 3.8) is 0 Å². The Bertz CT molecular complexity index is 1730. The van der Waals surface area contributed by atoms with Crippen molar-refractivity contribution < 1.29 is 19.7 Å². The van der Waals surface area contributed by atoms with Crippen molar-refractivity contribution in [1.82, 2.24) is 15.0 Å². The van der Waals surface area contributed by atoms with Crippen LogP contribution < -0.4 is 4.74 Å². The summed E-state index contributed by atoms with van der Waals surface area (Å²) in [6, 6.07) is 40.6. The molecule has 5 aromatic carbocycles. The van der Waals surface area contributed by atoms with Crippen molar-refractivity contribution in [2.75, 3.05) is 0 Å². The highest BCUT2D eigenvalue weighted by molar-refractivity contribution is 5.87. The van der Waals surface area contributed by atoms with Gasteiger partial charge in [-0.25, -0.2) is 19.7 Å². The highest BCUT2D eigenvalue weighted by atomic mass is 16.6. The molecule has 0 saturated heterocycles. The molecule has 0 unspecified atom stereocenters. The van der Waals surface area contributed by atoms with Gasteiger partial charge in [-0.15, -0.1) is 0 Å². The van der Waals surface area contributed by atoms with E-state index in [9.17, 15) is 15.0 Å². The van der Waals surface area contributed by atoms with E-state index in [-0.39, 0.29) is 17.3 Å². The normalized spacial score (nSPS) is 11.2. The molecule has 7 nitrogen and oxygen atoms in total. The lowest BCUT2D eigenvalue weighted by Crippen LogP contribution is -2.40. The minimum Gasteiger partial charge on any atom is -0.507 e. The fourth-order valence-corrected chi connectivity index (χ4v) is 4.64. The molecule has 7 heteroatoms. The number of hydrogen-bond donors (Lipinski definition) is 2. The summed E-state index contributed by atoms with van der Waals surface area (Å²) in [5.74, 6) is 0.0861. The SMILES string of the molecule is O=C(Oc1ccc(-c2nc(-c3ccccc3)nc(-c3ccccc3)n2)c(O)c1)C(O)(c1ccccc1)c1ccccc1. The fourth-order valence-electron chi connectivity index (χ4n) is 4.64. The van der Waals surface area contributed by atoms with E-state index < -0.39 is 11.6 Å². The first kappa shape index (κ1) is 26.6. The molecule has 6 aromatic rings. The lowest BCUT2D eigenvalue weighted by Gasteiger charge is -2.27. The third kappa shape index (κ3) is 5.24. The van der Waals surface area contributed by atoms with Gasteiger partial charge in [0.1, 0.15) is 11.5 Å². The molecule has 0 spiro atoms. The first-order valence-electron chi connectivity index (χ1n) is 13.3. The summed E-state index contributed by atoms with van der Waals surface area (Å²) < 4.78 is 5.64. The van der Waals surface area contributed by atoms with E-state index in [4.69, 9.17) is 4.74 Å². The Balaban J connectivity index is 1.36. The molecule has 0 aliphatic rings. The fraction of sp³-hybridized carbons (Fsp3) is 0.0286. The minimum absolute atomic E-state index is 0.0483.